The van der Waals surface area contributed by atoms with Gasteiger partial charge in [-0.15, -0.1) is 0 Å². The lowest BCUT2D eigenvalue weighted by molar-refractivity contribution is 0.00598. The number of hydrogen-bond donors (Lipinski definition) is 0. The summed E-state index contributed by atoms with van der Waals surface area (Å²) in [6.45, 7) is 11.1. The number of rotatable bonds is 4. The Bertz CT molecular complexity index is 750. The number of nitrogens with zero attached hydrogens (tertiary/aromatic N) is 2. The maximum atomic E-state index is 12.2. The molecule has 2 aliphatic rings. The largest absolute Gasteiger partial charge is 0.459 e. The summed E-state index contributed by atoms with van der Waals surface area (Å²) in [7, 11) is 1.71. The molecule has 0 radical (unpaired) electrons. The Morgan fingerprint density at radius 3 is 2.55 bits per heavy atom. The van der Waals surface area contributed by atoms with E-state index in [1.807, 2.05) is 39.8 Å². The van der Waals surface area contributed by atoms with Crippen LogP contribution in [0.2, 0.25) is 0 Å². The second-order valence-electron chi connectivity index (χ2n) is 8.83. The van der Waals surface area contributed by atoms with Crippen LogP contribution in [0.5, 0.6) is 0 Å². The molecule has 0 saturated carbocycles. The highest BCUT2D eigenvalue weighted by Crippen LogP contribution is 2.26. The molecule has 0 spiro atoms. The van der Waals surface area contributed by atoms with Crippen molar-refractivity contribution < 1.29 is 23.8 Å². The normalized spacial score (nSPS) is 21.3. The zero-order valence-electron chi connectivity index (χ0n) is 18.1. The molecule has 3 rings (SSSR count). The molecule has 0 N–H and O–H groups in total. The molecule has 1 aromatic rings. The molecule has 1 fully saturated rings. The highest BCUT2D eigenvalue weighted by atomic mass is 16.6. The van der Waals surface area contributed by atoms with Crippen LogP contribution in [-0.4, -0.2) is 73.4 Å². The molecule has 7 nitrogen and oxygen atoms in total. The van der Waals surface area contributed by atoms with Gasteiger partial charge in [0.15, 0.2) is 0 Å². The molecule has 0 aliphatic carbocycles. The van der Waals surface area contributed by atoms with Gasteiger partial charge < -0.3 is 19.1 Å². The van der Waals surface area contributed by atoms with Crippen molar-refractivity contribution in [3.63, 3.8) is 0 Å². The van der Waals surface area contributed by atoms with Gasteiger partial charge in [0.25, 0.3) is 0 Å². The topological polar surface area (TPSA) is 68.3 Å². The number of benzene rings is 1. The van der Waals surface area contributed by atoms with Gasteiger partial charge >= 0.3 is 12.1 Å². The first-order valence-corrected chi connectivity index (χ1v) is 10.2. The molecule has 1 amide bonds. The van der Waals surface area contributed by atoms with Gasteiger partial charge in [0.2, 0.25) is 0 Å². The Labute approximate surface area is 172 Å². The van der Waals surface area contributed by atoms with Crippen LogP contribution in [0.15, 0.2) is 18.2 Å². The molecule has 2 unspecified atom stereocenters. The minimum Gasteiger partial charge on any atom is -0.459 e. The number of methoxy groups -OCH3 is 1. The Hall–Kier alpha value is -2.12. The molecule has 2 aliphatic heterocycles. The minimum absolute atomic E-state index is 0.0957. The zero-order valence-corrected chi connectivity index (χ0v) is 18.1. The van der Waals surface area contributed by atoms with Crippen molar-refractivity contribution in [3.8, 4) is 0 Å². The lowest BCUT2D eigenvalue weighted by Gasteiger charge is -2.37. The lowest BCUT2D eigenvalue weighted by atomic mass is 9.95. The van der Waals surface area contributed by atoms with Gasteiger partial charge in [-0.3, -0.25) is 4.90 Å². The number of amides is 1. The fraction of sp³-hybridized carbons (Fsp3) is 0.636. The predicted molar refractivity (Wildman–Crippen MR) is 109 cm³/mol. The summed E-state index contributed by atoms with van der Waals surface area (Å²) < 4.78 is 16.5. The Morgan fingerprint density at radius 2 is 1.93 bits per heavy atom. The Kier molecular flexibility index (Phi) is 6.49. The third-order valence-corrected chi connectivity index (χ3v) is 5.27. The Balaban J connectivity index is 1.59. The standard InChI is InChI=1S/C22H32N2O5/c1-15-12-17-13-16(6-7-18(17)20(25)28-15)19(27-5)14-23-8-10-24(11-9-23)21(26)29-22(2,3)4/h6-7,13,15,19H,8-12,14H2,1-5H3. The molecule has 160 valence electrons. The first-order valence-electron chi connectivity index (χ1n) is 10.2. The van der Waals surface area contributed by atoms with Crippen LogP contribution < -0.4 is 0 Å². The number of esters is 1. The lowest BCUT2D eigenvalue weighted by Crippen LogP contribution is -2.50. The minimum atomic E-state index is -0.480. The fourth-order valence-corrected chi connectivity index (χ4v) is 3.77. The Morgan fingerprint density at radius 1 is 1.24 bits per heavy atom. The number of hydrogen-bond acceptors (Lipinski definition) is 6. The molecule has 1 saturated heterocycles. The van der Waals surface area contributed by atoms with Crippen LogP contribution in [-0.2, 0) is 20.6 Å². The SMILES string of the molecule is COC(CN1CCN(C(=O)OC(C)(C)C)CC1)c1ccc2c(c1)CC(C)OC2=O. The third kappa shape index (κ3) is 5.48. The quantitative estimate of drug-likeness (QED) is 0.719. The van der Waals surface area contributed by atoms with E-state index in [0.29, 0.717) is 18.7 Å². The van der Waals surface area contributed by atoms with Crippen molar-refractivity contribution in [3.05, 3.63) is 34.9 Å². The van der Waals surface area contributed by atoms with Crippen LogP contribution in [0.1, 0.15) is 55.3 Å². The van der Waals surface area contributed by atoms with E-state index in [1.54, 1.807) is 12.0 Å². The van der Waals surface area contributed by atoms with Gasteiger partial charge in [0.1, 0.15) is 11.7 Å². The molecule has 0 bridgehead atoms. The molecular weight excluding hydrogens is 372 g/mol. The summed E-state index contributed by atoms with van der Waals surface area (Å²) in [6, 6.07) is 5.85. The van der Waals surface area contributed by atoms with E-state index in [1.165, 1.54) is 0 Å². The van der Waals surface area contributed by atoms with Crippen LogP contribution in [0.3, 0.4) is 0 Å². The van der Waals surface area contributed by atoms with Crippen LogP contribution >= 0.6 is 0 Å². The number of cyclic esters (lactones) is 1. The van der Waals surface area contributed by atoms with Crippen molar-refractivity contribution in [2.75, 3.05) is 39.8 Å². The average Bonchev–Trinajstić information content (AvgIpc) is 2.64. The fourth-order valence-electron chi connectivity index (χ4n) is 3.77. The maximum absolute atomic E-state index is 12.2. The zero-order chi connectivity index (χ0) is 21.2. The van der Waals surface area contributed by atoms with E-state index < -0.39 is 5.60 Å². The maximum Gasteiger partial charge on any atom is 0.410 e. The first kappa shape index (κ1) is 21.6. The average molecular weight is 405 g/mol. The number of carbonyl (C=O) groups excluding carboxylic acids is 2. The number of carbonyl (C=O) groups is 2. The van der Waals surface area contributed by atoms with Crippen molar-refractivity contribution in [2.45, 2.75) is 51.9 Å². The summed E-state index contributed by atoms with van der Waals surface area (Å²) in [5, 5.41) is 0. The number of ether oxygens (including phenoxy) is 3. The van der Waals surface area contributed by atoms with E-state index in [9.17, 15) is 9.59 Å². The summed E-state index contributed by atoms with van der Waals surface area (Å²) in [4.78, 5) is 28.3. The van der Waals surface area contributed by atoms with Crippen LogP contribution in [0.25, 0.3) is 0 Å². The van der Waals surface area contributed by atoms with Gasteiger partial charge in [0.05, 0.1) is 11.7 Å². The van der Waals surface area contributed by atoms with Crippen LogP contribution in [0, 0.1) is 0 Å². The van der Waals surface area contributed by atoms with E-state index in [4.69, 9.17) is 14.2 Å². The van der Waals surface area contributed by atoms with E-state index in [-0.39, 0.29) is 24.3 Å². The second kappa shape index (κ2) is 8.71. The molecule has 2 heterocycles. The second-order valence-corrected chi connectivity index (χ2v) is 8.83. The molecule has 1 aromatic carbocycles. The van der Waals surface area contributed by atoms with Gasteiger partial charge in [-0.2, -0.15) is 0 Å². The van der Waals surface area contributed by atoms with E-state index in [0.717, 1.165) is 37.2 Å². The third-order valence-electron chi connectivity index (χ3n) is 5.27. The summed E-state index contributed by atoms with van der Waals surface area (Å²) in [5.74, 6) is -0.252. The molecular formula is C22H32N2O5. The van der Waals surface area contributed by atoms with Crippen molar-refractivity contribution in [1.82, 2.24) is 9.80 Å². The summed E-state index contributed by atoms with van der Waals surface area (Å²) >= 11 is 0. The van der Waals surface area contributed by atoms with Gasteiger partial charge in [-0.25, -0.2) is 9.59 Å². The number of piperazine rings is 1. The van der Waals surface area contributed by atoms with Gasteiger partial charge in [-0.1, -0.05) is 12.1 Å². The van der Waals surface area contributed by atoms with Crippen molar-refractivity contribution in [2.24, 2.45) is 0 Å². The smallest absolute Gasteiger partial charge is 0.410 e. The highest BCUT2D eigenvalue weighted by Gasteiger charge is 2.28. The van der Waals surface area contributed by atoms with E-state index >= 15 is 0 Å². The molecule has 7 heteroatoms. The monoisotopic (exact) mass is 404 g/mol. The molecule has 0 aromatic heterocycles. The summed E-state index contributed by atoms with van der Waals surface area (Å²) in [5.41, 5.74) is 2.24. The van der Waals surface area contributed by atoms with Crippen molar-refractivity contribution >= 4 is 12.1 Å². The van der Waals surface area contributed by atoms with Crippen LogP contribution in [0.4, 0.5) is 4.79 Å². The van der Waals surface area contributed by atoms with Gasteiger partial charge in [0, 0.05) is 46.3 Å². The predicted octanol–water partition coefficient (Wildman–Crippen LogP) is 3.03. The molecule has 29 heavy (non-hydrogen) atoms. The molecule has 2 atom stereocenters. The first-order chi connectivity index (χ1) is 13.7. The highest BCUT2D eigenvalue weighted by molar-refractivity contribution is 5.92. The summed E-state index contributed by atoms with van der Waals surface area (Å²) in [6.07, 6.45) is 0.268. The van der Waals surface area contributed by atoms with Gasteiger partial charge in [-0.05, 0) is 44.9 Å². The van der Waals surface area contributed by atoms with Crippen molar-refractivity contribution in [1.29, 1.82) is 0 Å². The number of fused-ring (bicyclic) bond motifs is 1. The van der Waals surface area contributed by atoms with E-state index in [2.05, 4.69) is 11.0 Å².